The summed E-state index contributed by atoms with van der Waals surface area (Å²) >= 11 is 0. The highest BCUT2D eigenvalue weighted by molar-refractivity contribution is 5.82. The highest BCUT2D eigenvalue weighted by atomic mass is 16.1. The smallest absolute Gasteiger partial charge is 0.252 e. The van der Waals surface area contributed by atoms with Crippen molar-refractivity contribution in [2.24, 2.45) is 0 Å². The van der Waals surface area contributed by atoms with Crippen LogP contribution in [0, 0.1) is 20.8 Å². The van der Waals surface area contributed by atoms with Crippen molar-refractivity contribution in [2.45, 2.75) is 85.9 Å². The van der Waals surface area contributed by atoms with Crippen LogP contribution in [0.3, 0.4) is 0 Å². The number of hydrogen-bond acceptors (Lipinski definition) is 5. The van der Waals surface area contributed by atoms with Crippen LogP contribution in [0.2, 0.25) is 0 Å². The number of H-pyrrole nitrogens is 1. The molecule has 0 aliphatic heterocycles. The Hall–Kier alpha value is -3.32. The minimum Gasteiger partial charge on any atom is -0.321 e. The van der Waals surface area contributed by atoms with Gasteiger partial charge < -0.3 is 4.98 Å². The molecule has 196 valence electrons. The highest BCUT2D eigenvalue weighted by Crippen LogP contribution is 2.29. The Labute approximate surface area is 219 Å². The van der Waals surface area contributed by atoms with Crippen molar-refractivity contribution in [3.63, 3.8) is 0 Å². The molecule has 4 rings (SSSR count). The van der Waals surface area contributed by atoms with Crippen LogP contribution in [0.4, 0.5) is 0 Å². The first-order chi connectivity index (χ1) is 17.6. The van der Waals surface area contributed by atoms with Gasteiger partial charge in [0.1, 0.15) is 0 Å². The molecule has 7 nitrogen and oxygen atoms in total. The number of rotatable bonds is 10. The van der Waals surface area contributed by atoms with Crippen molar-refractivity contribution < 1.29 is 0 Å². The van der Waals surface area contributed by atoms with E-state index in [-0.39, 0.29) is 17.1 Å². The predicted molar refractivity (Wildman–Crippen MR) is 150 cm³/mol. The molecule has 7 heteroatoms. The molecule has 1 atom stereocenters. The summed E-state index contributed by atoms with van der Waals surface area (Å²) in [6.07, 6.45) is 2.62. The summed E-state index contributed by atoms with van der Waals surface area (Å²) in [4.78, 5) is 18.8. The van der Waals surface area contributed by atoms with E-state index in [2.05, 4.69) is 109 Å². The second-order valence-corrected chi connectivity index (χ2v) is 10.9. The van der Waals surface area contributed by atoms with Gasteiger partial charge in [-0.25, -0.2) is 4.68 Å². The molecule has 0 saturated carbocycles. The first-order valence-electron chi connectivity index (χ1n) is 13.3. The van der Waals surface area contributed by atoms with Crippen molar-refractivity contribution in [3.05, 3.63) is 86.5 Å². The van der Waals surface area contributed by atoms with E-state index in [1.54, 1.807) is 0 Å². The molecule has 4 aromatic rings. The number of pyridine rings is 1. The fourth-order valence-corrected chi connectivity index (χ4v) is 5.14. The molecular weight excluding hydrogens is 460 g/mol. The Bertz CT molecular complexity index is 1430. The molecule has 1 N–H and O–H groups in total. The van der Waals surface area contributed by atoms with Crippen LogP contribution in [0.5, 0.6) is 0 Å². The number of nitrogens with one attached hydrogen (secondary N) is 1. The van der Waals surface area contributed by atoms with E-state index in [1.165, 1.54) is 16.7 Å². The fourth-order valence-electron chi connectivity index (χ4n) is 5.14. The lowest BCUT2D eigenvalue weighted by Gasteiger charge is -2.33. The van der Waals surface area contributed by atoms with Gasteiger partial charge in [0, 0.05) is 18.7 Å². The normalized spacial score (nSPS) is 13.0. The number of aryl methyl sites for hydroxylation is 3. The van der Waals surface area contributed by atoms with E-state index in [4.69, 9.17) is 0 Å². The zero-order valence-corrected chi connectivity index (χ0v) is 23.3. The predicted octanol–water partition coefficient (Wildman–Crippen LogP) is 5.78. The highest BCUT2D eigenvalue weighted by Gasteiger charge is 2.31. The molecule has 0 unspecified atom stereocenters. The number of nitrogens with zero attached hydrogens (tertiary/aromatic N) is 5. The van der Waals surface area contributed by atoms with Crippen LogP contribution in [0.1, 0.15) is 80.2 Å². The van der Waals surface area contributed by atoms with Crippen LogP contribution in [0.15, 0.2) is 47.3 Å². The third-order valence-corrected chi connectivity index (χ3v) is 7.57. The van der Waals surface area contributed by atoms with Crippen LogP contribution < -0.4 is 5.56 Å². The maximum atomic E-state index is 13.3. The monoisotopic (exact) mass is 500 g/mol. The summed E-state index contributed by atoms with van der Waals surface area (Å²) in [5.41, 5.74) is 6.23. The topological polar surface area (TPSA) is 79.7 Å². The molecule has 0 aliphatic carbocycles. The number of benzene rings is 2. The Morgan fingerprint density at radius 1 is 1.05 bits per heavy atom. The molecular formula is C30H40N6O. The van der Waals surface area contributed by atoms with Gasteiger partial charge in [-0.1, -0.05) is 55.3 Å². The largest absolute Gasteiger partial charge is 0.321 e. The SMILES string of the molecule is CC[C@H](c1nnnn1C(C)(C)CC)N(CCc1cccc(C)c1)Cc1cc2cc(C)cc(C)c2[nH]c1=O. The lowest BCUT2D eigenvalue weighted by Crippen LogP contribution is -2.37. The minimum absolute atomic E-state index is 0.0278. The van der Waals surface area contributed by atoms with Crippen molar-refractivity contribution in [2.75, 3.05) is 6.54 Å². The summed E-state index contributed by atoms with van der Waals surface area (Å²) in [5, 5.41) is 14.0. The molecule has 2 aromatic heterocycles. The molecule has 0 radical (unpaired) electrons. The molecule has 0 bridgehead atoms. The molecule has 2 heterocycles. The third-order valence-electron chi connectivity index (χ3n) is 7.57. The molecule has 0 saturated heterocycles. The van der Waals surface area contributed by atoms with Crippen LogP contribution >= 0.6 is 0 Å². The quantitative estimate of drug-likeness (QED) is 0.299. The van der Waals surface area contributed by atoms with Gasteiger partial charge in [-0.05, 0) is 93.0 Å². The lowest BCUT2D eigenvalue weighted by molar-refractivity contribution is 0.160. The molecule has 2 aromatic carbocycles. The van der Waals surface area contributed by atoms with Gasteiger partial charge in [0.15, 0.2) is 5.82 Å². The van der Waals surface area contributed by atoms with E-state index in [0.717, 1.165) is 53.7 Å². The molecule has 0 fully saturated rings. The van der Waals surface area contributed by atoms with E-state index >= 15 is 0 Å². The standard InChI is InChI=1S/C30H40N6O/c1-8-26(28-32-33-34-36(28)30(6,7)9-2)35(14-13-23-12-10-11-20(3)16-23)19-25-18-24-17-21(4)15-22(5)27(24)31-29(25)37/h10-12,15-18,26H,8-9,13-14,19H2,1-7H3,(H,31,37)/t26-/m1/s1. The van der Waals surface area contributed by atoms with Crippen molar-refractivity contribution in [3.8, 4) is 0 Å². The average Bonchev–Trinajstić information content (AvgIpc) is 3.34. The van der Waals surface area contributed by atoms with Gasteiger partial charge in [-0.15, -0.1) is 5.10 Å². The van der Waals surface area contributed by atoms with Crippen LogP contribution in [-0.4, -0.2) is 36.6 Å². The first kappa shape index (κ1) is 26.7. The van der Waals surface area contributed by atoms with Crippen LogP contribution in [-0.2, 0) is 18.5 Å². The Morgan fingerprint density at radius 2 is 1.84 bits per heavy atom. The van der Waals surface area contributed by atoms with Gasteiger partial charge >= 0.3 is 0 Å². The molecule has 0 amide bonds. The second kappa shape index (κ2) is 11.0. The van der Waals surface area contributed by atoms with E-state index < -0.39 is 0 Å². The second-order valence-electron chi connectivity index (χ2n) is 10.9. The fraction of sp³-hybridized carbons (Fsp3) is 0.467. The zero-order chi connectivity index (χ0) is 26.7. The maximum Gasteiger partial charge on any atom is 0.252 e. The van der Waals surface area contributed by atoms with Gasteiger partial charge in [-0.3, -0.25) is 9.69 Å². The molecule has 0 aliphatic rings. The Balaban J connectivity index is 1.75. The summed E-state index contributed by atoms with van der Waals surface area (Å²) < 4.78 is 1.97. The van der Waals surface area contributed by atoms with Crippen LogP contribution in [0.25, 0.3) is 10.9 Å². The van der Waals surface area contributed by atoms with E-state index in [1.807, 2.05) is 11.6 Å². The van der Waals surface area contributed by atoms with Crippen molar-refractivity contribution in [1.82, 2.24) is 30.1 Å². The zero-order valence-electron chi connectivity index (χ0n) is 23.3. The summed E-state index contributed by atoms with van der Waals surface area (Å²) in [7, 11) is 0. The van der Waals surface area contributed by atoms with Crippen molar-refractivity contribution in [1.29, 1.82) is 0 Å². The molecule has 37 heavy (non-hydrogen) atoms. The van der Waals surface area contributed by atoms with Gasteiger partial charge in [0.25, 0.3) is 5.56 Å². The van der Waals surface area contributed by atoms with Gasteiger partial charge in [-0.2, -0.15) is 0 Å². The number of aromatic nitrogens is 5. The van der Waals surface area contributed by atoms with Gasteiger partial charge in [0.05, 0.1) is 17.1 Å². The summed E-state index contributed by atoms with van der Waals surface area (Å²) in [6.45, 7) is 16.2. The van der Waals surface area contributed by atoms with E-state index in [9.17, 15) is 4.79 Å². The first-order valence-corrected chi connectivity index (χ1v) is 13.3. The minimum atomic E-state index is -0.204. The number of aromatic amines is 1. The maximum absolute atomic E-state index is 13.3. The third kappa shape index (κ3) is 5.82. The summed E-state index contributed by atoms with van der Waals surface area (Å²) in [6, 6.07) is 14.9. The summed E-state index contributed by atoms with van der Waals surface area (Å²) in [5.74, 6) is 0.850. The number of tetrazole rings is 1. The lowest BCUT2D eigenvalue weighted by atomic mass is 10.0. The molecule has 0 spiro atoms. The Morgan fingerprint density at radius 3 is 2.54 bits per heavy atom. The van der Waals surface area contributed by atoms with Gasteiger partial charge in [0.2, 0.25) is 0 Å². The Kier molecular flexibility index (Phi) is 7.93. The van der Waals surface area contributed by atoms with E-state index in [0.29, 0.717) is 6.54 Å². The number of fused-ring (bicyclic) bond motifs is 1. The number of hydrogen-bond donors (Lipinski definition) is 1. The average molecular weight is 501 g/mol. The van der Waals surface area contributed by atoms with Crippen molar-refractivity contribution >= 4 is 10.9 Å².